The van der Waals surface area contributed by atoms with Crippen LogP contribution in [0.3, 0.4) is 0 Å². The van der Waals surface area contributed by atoms with Crippen molar-refractivity contribution in [2.45, 2.75) is 44.8 Å². The Kier molecular flexibility index (Phi) is 8.32. The van der Waals surface area contributed by atoms with Crippen molar-refractivity contribution >= 4 is 5.91 Å². The fourth-order valence-corrected chi connectivity index (χ4v) is 5.23. The summed E-state index contributed by atoms with van der Waals surface area (Å²) in [5, 5.41) is 3.24. The molecule has 0 saturated carbocycles. The van der Waals surface area contributed by atoms with Gasteiger partial charge in [0.2, 0.25) is 5.91 Å². The topological polar surface area (TPSA) is 44.8 Å². The molecule has 4 rings (SSSR count). The summed E-state index contributed by atoms with van der Waals surface area (Å²) in [4.78, 5) is 18.0. The smallest absolute Gasteiger partial charge is 0.224 e. The largest absolute Gasteiger partial charge is 0.383 e. The molecule has 2 aliphatic rings. The molecule has 2 aromatic rings. The van der Waals surface area contributed by atoms with Crippen LogP contribution in [0.2, 0.25) is 0 Å². The first-order chi connectivity index (χ1) is 15.7. The molecule has 1 saturated heterocycles. The number of nitrogens with zero attached hydrogens (tertiary/aromatic N) is 2. The van der Waals surface area contributed by atoms with E-state index in [4.69, 9.17) is 4.74 Å². The average Bonchev–Trinajstić information content (AvgIpc) is 2.83. The zero-order chi connectivity index (χ0) is 22.2. The van der Waals surface area contributed by atoms with Crippen LogP contribution in [0, 0.1) is 5.92 Å². The molecule has 1 N–H and O–H groups in total. The number of likely N-dealkylation sites (tertiary alicyclic amines) is 1. The van der Waals surface area contributed by atoms with Crippen LogP contribution in [0.5, 0.6) is 0 Å². The van der Waals surface area contributed by atoms with Gasteiger partial charge in [-0.15, -0.1) is 0 Å². The van der Waals surface area contributed by atoms with Crippen molar-refractivity contribution in [1.29, 1.82) is 0 Å². The minimum absolute atomic E-state index is 0.00530. The van der Waals surface area contributed by atoms with E-state index < -0.39 is 0 Å². The number of rotatable bonds is 9. The third kappa shape index (κ3) is 5.97. The van der Waals surface area contributed by atoms with Crippen molar-refractivity contribution in [3.63, 3.8) is 0 Å². The Morgan fingerprint density at radius 3 is 2.66 bits per heavy atom. The summed E-state index contributed by atoms with van der Waals surface area (Å²) < 4.78 is 5.54. The van der Waals surface area contributed by atoms with Crippen molar-refractivity contribution in [3.8, 4) is 0 Å². The van der Waals surface area contributed by atoms with Crippen LogP contribution < -0.4 is 5.32 Å². The van der Waals surface area contributed by atoms with Crippen molar-refractivity contribution in [1.82, 2.24) is 15.1 Å². The van der Waals surface area contributed by atoms with E-state index in [1.54, 1.807) is 7.11 Å². The van der Waals surface area contributed by atoms with Gasteiger partial charge in [0.15, 0.2) is 0 Å². The quantitative estimate of drug-likeness (QED) is 0.613. The normalized spacial score (nSPS) is 21.8. The van der Waals surface area contributed by atoms with Gasteiger partial charge in [0.05, 0.1) is 12.5 Å². The Balaban J connectivity index is 1.25. The van der Waals surface area contributed by atoms with Gasteiger partial charge in [-0.25, -0.2) is 0 Å². The first kappa shape index (κ1) is 23.0. The Morgan fingerprint density at radius 1 is 1.06 bits per heavy atom. The molecule has 2 aliphatic heterocycles. The standard InChI is InChI=1S/C27H37N3O2/c1-32-21-26-25(13-7-17-30(26)19-22-9-3-2-4-10-22)27(31)28-15-8-16-29-18-14-23-11-5-6-12-24(23)20-29/h2-6,9-12,25-26H,7-8,13-21H2,1H3,(H,28,31)/t25-,26-/m1/s1. The fraction of sp³-hybridized carbons (Fsp3) is 0.519. The maximum atomic E-state index is 13.1. The monoisotopic (exact) mass is 435 g/mol. The van der Waals surface area contributed by atoms with Crippen LogP contribution >= 0.6 is 0 Å². The molecule has 0 aromatic heterocycles. The van der Waals surface area contributed by atoms with Gasteiger partial charge in [-0.3, -0.25) is 14.6 Å². The molecule has 0 unspecified atom stereocenters. The summed E-state index contributed by atoms with van der Waals surface area (Å²) in [6.07, 6.45) is 4.11. The van der Waals surface area contributed by atoms with Crippen LogP contribution in [-0.2, 0) is 29.0 Å². The number of piperidine rings is 1. The van der Waals surface area contributed by atoms with Crippen molar-refractivity contribution < 1.29 is 9.53 Å². The maximum absolute atomic E-state index is 13.1. The van der Waals surface area contributed by atoms with E-state index in [0.29, 0.717) is 6.61 Å². The highest BCUT2D eigenvalue weighted by Gasteiger charge is 2.35. The number of nitrogens with one attached hydrogen (secondary N) is 1. The second kappa shape index (κ2) is 11.6. The molecule has 0 radical (unpaired) electrons. The summed E-state index contributed by atoms with van der Waals surface area (Å²) in [6, 6.07) is 19.4. The Labute approximate surface area is 192 Å². The van der Waals surface area contributed by atoms with E-state index in [2.05, 4.69) is 63.6 Å². The second-order valence-corrected chi connectivity index (χ2v) is 9.17. The Hall–Kier alpha value is -2.21. The minimum atomic E-state index is -0.00530. The number of hydrogen-bond acceptors (Lipinski definition) is 4. The van der Waals surface area contributed by atoms with Gasteiger partial charge in [0.1, 0.15) is 0 Å². The van der Waals surface area contributed by atoms with E-state index >= 15 is 0 Å². The van der Waals surface area contributed by atoms with Gasteiger partial charge in [0.25, 0.3) is 0 Å². The van der Waals surface area contributed by atoms with E-state index in [9.17, 15) is 4.79 Å². The molecule has 0 aliphatic carbocycles. The summed E-state index contributed by atoms with van der Waals surface area (Å²) in [5.74, 6) is 0.183. The molecule has 1 amide bonds. The number of fused-ring (bicyclic) bond motifs is 1. The molecule has 1 fully saturated rings. The van der Waals surface area contributed by atoms with Crippen molar-refractivity contribution in [3.05, 3.63) is 71.3 Å². The van der Waals surface area contributed by atoms with Crippen LogP contribution in [0.15, 0.2) is 54.6 Å². The van der Waals surface area contributed by atoms with E-state index in [0.717, 1.165) is 65.0 Å². The first-order valence-electron chi connectivity index (χ1n) is 12.1. The lowest BCUT2D eigenvalue weighted by Crippen LogP contribution is -2.52. The SMILES string of the molecule is COC[C@@H]1[C@H](C(=O)NCCCN2CCc3ccccc3C2)CCCN1Cc1ccccc1. The number of ether oxygens (including phenoxy) is 1. The zero-order valence-electron chi connectivity index (χ0n) is 19.3. The van der Waals surface area contributed by atoms with Gasteiger partial charge in [0, 0.05) is 45.9 Å². The molecular weight excluding hydrogens is 398 g/mol. The predicted octanol–water partition coefficient (Wildman–Crippen LogP) is 3.48. The summed E-state index contributed by atoms with van der Waals surface area (Å²) in [7, 11) is 1.74. The van der Waals surface area contributed by atoms with Crippen LogP contribution in [0.4, 0.5) is 0 Å². The second-order valence-electron chi connectivity index (χ2n) is 9.17. The Bertz CT molecular complexity index is 857. The molecule has 2 atom stereocenters. The number of methoxy groups -OCH3 is 1. The third-order valence-corrected chi connectivity index (χ3v) is 6.96. The molecule has 32 heavy (non-hydrogen) atoms. The van der Waals surface area contributed by atoms with Crippen molar-refractivity contribution in [2.24, 2.45) is 5.92 Å². The maximum Gasteiger partial charge on any atom is 0.224 e. The molecular formula is C27H37N3O2. The van der Waals surface area contributed by atoms with Gasteiger partial charge in [-0.05, 0) is 48.9 Å². The number of carbonyl (C=O) groups is 1. The highest BCUT2D eigenvalue weighted by Crippen LogP contribution is 2.26. The molecule has 172 valence electrons. The lowest BCUT2D eigenvalue weighted by atomic mass is 9.88. The van der Waals surface area contributed by atoms with Crippen LogP contribution in [0.25, 0.3) is 0 Å². The number of hydrogen-bond donors (Lipinski definition) is 1. The number of benzene rings is 2. The molecule has 5 nitrogen and oxygen atoms in total. The van der Waals surface area contributed by atoms with Gasteiger partial charge in [-0.2, -0.15) is 0 Å². The number of carbonyl (C=O) groups excluding carboxylic acids is 1. The van der Waals surface area contributed by atoms with Crippen LogP contribution in [-0.4, -0.2) is 61.6 Å². The van der Waals surface area contributed by atoms with E-state index in [1.165, 1.54) is 16.7 Å². The fourth-order valence-electron chi connectivity index (χ4n) is 5.23. The van der Waals surface area contributed by atoms with Gasteiger partial charge < -0.3 is 10.1 Å². The first-order valence-corrected chi connectivity index (χ1v) is 12.1. The Morgan fingerprint density at radius 2 is 1.84 bits per heavy atom. The highest BCUT2D eigenvalue weighted by atomic mass is 16.5. The van der Waals surface area contributed by atoms with Crippen molar-refractivity contribution in [2.75, 3.05) is 39.9 Å². The summed E-state index contributed by atoms with van der Waals surface area (Å²) in [5.41, 5.74) is 4.22. The minimum Gasteiger partial charge on any atom is -0.383 e. The third-order valence-electron chi connectivity index (χ3n) is 6.96. The lowest BCUT2D eigenvalue weighted by molar-refractivity contribution is -0.130. The van der Waals surface area contributed by atoms with E-state index in [1.807, 2.05) is 6.07 Å². The lowest BCUT2D eigenvalue weighted by Gasteiger charge is -2.40. The number of amides is 1. The molecule has 0 spiro atoms. The van der Waals surface area contributed by atoms with E-state index in [-0.39, 0.29) is 17.9 Å². The highest BCUT2D eigenvalue weighted by molar-refractivity contribution is 5.79. The summed E-state index contributed by atoms with van der Waals surface area (Å²) >= 11 is 0. The van der Waals surface area contributed by atoms with Gasteiger partial charge >= 0.3 is 0 Å². The zero-order valence-corrected chi connectivity index (χ0v) is 19.3. The average molecular weight is 436 g/mol. The van der Waals surface area contributed by atoms with Crippen LogP contribution in [0.1, 0.15) is 36.0 Å². The molecule has 2 aromatic carbocycles. The molecule has 5 heteroatoms. The predicted molar refractivity (Wildman–Crippen MR) is 128 cm³/mol. The molecule has 0 bridgehead atoms. The molecule has 2 heterocycles. The van der Waals surface area contributed by atoms with Gasteiger partial charge in [-0.1, -0.05) is 54.6 Å². The summed E-state index contributed by atoms with van der Waals surface area (Å²) in [6.45, 7) is 6.39.